The summed E-state index contributed by atoms with van der Waals surface area (Å²) in [5.41, 5.74) is 3.54. The van der Waals surface area contributed by atoms with Crippen molar-refractivity contribution in [2.24, 2.45) is 0 Å². The van der Waals surface area contributed by atoms with Crippen LogP contribution in [0.1, 0.15) is 21.5 Å². The van der Waals surface area contributed by atoms with Crippen LogP contribution in [0.4, 0.5) is 10.1 Å². The zero-order chi connectivity index (χ0) is 20.8. The largest absolute Gasteiger partial charge is 0.367 e. The number of anilines is 1. The lowest BCUT2D eigenvalue weighted by Crippen LogP contribution is -2.46. The van der Waals surface area contributed by atoms with Crippen LogP contribution in [-0.4, -0.2) is 37.0 Å². The number of hydrogen-bond acceptors (Lipinski definition) is 3. The van der Waals surface area contributed by atoms with Crippen molar-refractivity contribution in [3.05, 3.63) is 101 Å². The fourth-order valence-corrected chi connectivity index (χ4v) is 3.80. The monoisotopic (exact) mass is 403 g/mol. The predicted molar refractivity (Wildman–Crippen MR) is 118 cm³/mol. The second-order valence-electron chi connectivity index (χ2n) is 7.58. The number of nitrogens with one attached hydrogen (secondary N) is 1. The molecule has 0 atom stereocenters. The first-order valence-electron chi connectivity index (χ1n) is 10.3. The zero-order valence-corrected chi connectivity index (χ0v) is 16.9. The minimum absolute atomic E-state index is 0.0647. The summed E-state index contributed by atoms with van der Waals surface area (Å²) < 4.78 is 14.0. The van der Waals surface area contributed by atoms with E-state index in [0.29, 0.717) is 17.8 Å². The maximum atomic E-state index is 14.0. The predicted octanol–water partition coefficient (Wildman–Crippen LogP) is 4.08. The Balaban J connectivity index is 1.31. The molecular weight excluding hydrogens is 377 g/mol. The molecule has 1 N–H and O–H groups in total. The van der Waals surface area contributed by atoms with Crippen molar-refractivity contribution in [2.45, 2.75) is 13.1 Å². The number of piperazine rings is 1. The molecule has 0 aromatic heterocycles. The summed E-state index contributed by atoms with van der Waals surface area (Å²) in [5.74, 6) is -0.231. The highest BCUT2D eigenvalue weighted by Gasteiger charge is 2.19. The van der Waals surface area contributed by atoms with E-state index < -0.39 is 0 Å². The fraction of sp³-hybridized carbons (Fsp3) is 0.240. The number of rotatable bonds is 6. The molecule has 3 aromatic rings. The highest BCUT2D eigenvalue weighted by Crippen LogP contribution is 2.21. The minimum atomic E-state index is -0.167. The number of carbonyl (C=O) groups excluding carboxylic acids is 1. The molecule has 0 bridgehead atoms. The van der Waals surface area contributed by atoms with Gasteiger partial charge in [0.2, 0.25) is 0 Å². The van der Waals surface area contributed by atoms with Crippen LogP contribution in [0.25, 0.3) is 0 Å². The van der Waals surface area contributed by atoms with Crippen LogP contribution in [0.3, 0.4) is 0 Å². The van der Waals surface area contributed by atoms with Gasteiger partial charge in [-0.2, -0.15) is 0 Å². The van der Waals surface area contributed by atoms with Gasteiger partial charge in [-0.05, 0) is 35.4 Å². The topological polar surface area (TPSA) is 35.6 Å². The van der Waals surface area contributed by atoms with E-state index in [1.807, 2.05) is 60.7 Å². The van der Waals surface area contributed by atoms with Gasteiger partial charge in [0.15, 0.2) is 0 Å². The molecule has 154 valence electrons. The maximum Gasteiger partial charge on any atom is 0.251 e. The van der Waals surface area contributed by atoms with Crippen molar-refractivity contribution in [2.75, 3.05) is 31.1 Å². The average Bonchev–Trinajstić information content (AvgIpc) is 2.79. The highest BCUT2D eigenvalue weighted by molar-refractivity contribution is 5.94. The first-order chi connectivity index (χ1) is 14.7. The van der Waals surface area contributed by atoms with Crippen LogP contribution in [0, 0.1) is 5.82 Å². The Morgan fingerprint density at radius 1 is 0.833 bits per heavy atom. The molecule has 0 spiro atoms. The molecule has 0 aliphatic carbocycles. The standard InChI is InChI=1S/C25H26FN3O/c26-23-11-4-5-12-24(23)29-15-13-28(14-16-29)19-21-9-6-10-22(17-21)25(30)27-18-20-7-2-1-3-8-20/h1-12,17H,13-16,18-19H2,(H,27,30). The number of hydrogen-bond donors (Lipinski definition) is 1. The van der Waals surface area contributed by atoms with E-state index in [1.165, 1.54) is 6.07 Å². The van der Waals surface area contributed by atoms with E-state index in [9.17, 15) is 9.18 Å². The van der Waals surface area contributed by atoms with Crippen molar-refractivity contribution in [1.82, 2.24) is 10.2 Å². The van der Waals surface area contributed by atoms with Gasteiger partial charge < -0.3 is 10.2 Å². The lowest BCUT2D eigenvalue weighted by molar-refractivity contribution is 0.0950. The lowest BCUT2D eigenvalue weighted by Gasteiger charge is -2.36. The van der Waals surface area contributed by atoms with E-state index in [0.717, 1.165) is 43.9 Å². The van der Waals surface area contributed by atoms with Crippen molar-refractivity contribution in [3.63, 3.8) is 0 Å². The summed E-state index contributed by atoms with van der Waals surface area (Å²) in [7, 11) is 0. The average molecular weight is 404 g/mol. The van der Waals surface area contributed by atoms with Crippen LogP contribution in [0.5, 0.6) is 0 Å². The molecule has 5 heteroatoms. The van der Waals surface area contributed by atoms with E-state index >= 15 is 0 Å². The molecule has 1 amide bonds. The number of nitrogens with zero attached hydrogens (tertiary/aromatic N) is 2. The molecule has 0 unspecified atom stereocenters. The summed E-state index contributed by atoms with van der Waals surface area (Å²) in [4.78, 5) is 17.0. The molecule has 1 aliphatic rings. The Bertz CT molecular complexity index is 984. The first kappa shape index (κ1) is 20.1. The van der Waals surface area contributed by atoms with Crippen LogP contribution < -0.4 is 10.2 Å². The molecule has 0 radical (unpaired) electrons. The van der Waals surface area contributed by atoms with E-state index in [2.05, 4.69) is 21.2 Å². The van der Waals surface area contributed by atoms with Crippen LogP contribution in [0.2, 0.25) is 0 Å². The molecule has 1 saturated heterocycles. The number of halogens is 1. The van der Waals surface area contributed by atoms with Crippen molar-refractivity contribution in [1.29, 1.82) is 0 Å². The van der Waals surface area contributed by atoms with Gasteiger partial charge in [0.05, 0.1) is 5.69 Å². The maximum absolute atomic E-state index is 14.0. The smallest absolute Gasteiger partial charge is 0.251 e. The van der Waals surface area contributed by atoms with Crippen molar-refractivity contribution >= 4 is 11.6 Å². The normalized spacial score (nSPS) is 14.5. The Kier molecular flexibility index (Phi) is 6.40. The number of amides is 1. The van der Waals surface area contributed by atoms with E-state index in [-0.39, 0.29) is 11.7 Å². The molecule has 3 aromatic carbocycles. The summed E-state index contributed by atoms with van der Waals surface area (Å²) in [6.07, 6.45) is 0. The van der Waals surface area contributed by atoms with Gasteiger partial charge in [0, 0.05) is 44.8 Å². The van der Waals surface area contributed by atoms with Crippen LogP contribution in [0.15, 0.2) is 78.9 Å². The molecule has 1 fully saturated rings. The molecular formula is C25H26FN3O. The Morgan fingerprint density at radius 2 is 1.53 bits per heavy atom. The molecule has 30 heavy (non-hydrogen) atoms. The summed E-state index contributed by atoms with van der Waals surface area (Å²) in [6, 6.07) is 24.6. The van der Waals surface area contributed by atoms with Crippen molar-refractivity contribution in [3.8, 4) is 0 Å². The molecule has 0 saturated carbocycles. The third-order valence-corrected chi connectivity index (χ3v) is 5.46. The Morgan fingerprint density at radius 3 is 2.30 bits per heavy atom. The summed E-state index contributed by atoms with van der Waals surface area (Å²) >= 11 is 0. The van der Waals surface area contributed by atoms with Gasteiger partial charge in [-0.3, -0.25) is 9.69 Å². The third kappa shape index (κ3) is 5.05. The first-order valence-corrected chi connectivity index (χ1v) is 10.3. The SMILES string of the molecule is O=C(NCc1ccccc1)c1cccc(CN2CCN(c3ccccc3F)CC2)c1. The molecule has 4 rings (SSSR count). The van der Waals surface area contributed by atoms with Crippen LogP contribution in [-0.2, 0) is 13.1 Å². The number of carbonyl (C=O) groups is 1. The van der Waals surface area contributed by atoms with E-state index in [4.69, 9.17) is 0 Å². The number of benzene rings is 3. The van der Waals surface area contributed by atoms with Gasteiger partial charge in [-0.15, -0.1) is 0 Å². The lowest BCUT2D eigenvalue weighted by atomic mass is 10.1. The molecule has 4 nitrogen and oxygen atoms in total. The fourth-order valence-electron chi connectivity index (χ4n) is 3.80. The third-order valence-electron chi connectivity index (χ3n) is 5.46. The van der Waals surface area contributed by atoms with Gasteiger partial charge in [0.1, 0.15) is 5.82 Å². The summed E-state index contributed by atoms with van der Waals surface area (Å²) in [6.45, 7) is 4.60. The second-order valence-corrected chi connectivity index (χ2v) is 7.58. The summed E-state index contributed by atoms with van der Waals surface area (Å²) in [5, 5.41) is 2.98. The second kappa shape index (κ2) is 9.55. The minimum Gasteiger partial charge on any atom is -0.367 e. The molecule has 1 heterocycles. The van der Waals surface area contributed by atoms with Gasteiger partial charge in [-0.25, -0.2) is 4.39 Å². The van der Waals surface area contributed by atoms with E-state index in [1.54, 1.807) is 6.07 Å². The quantitative estimate of drug-likeness (QED) is 0.674. The Labute approximate surface area is 176 Å². The van der Waals surface area contributed by atoms with Crippen molar-refractivity contribution < 1.29 is 9.18 Å². The Hall–Kier alpha value is -3.18. The van der Waals surface area contributed by atoms with Crippen LogP contribution >= 0.6 is 0 Å². The number of para-hydroxylation sites is 1. The van der Waals surface area contributed by atoms with Gasteiger partial charge in [-0.1, -0.05) is 54.6 Å². The zero-order valence-electron chi connectivity index (χ0n) is 16.9. The highest BCUT2D eigenvalue weighted by atomic mass is 19.1. The molecule has 1 aliphatic heterocycles. The van der Waals surface area contributed by atoms with Gasteiger partial charge in [0.25, 0.3) is 5.91 Å². The van der Waals surface area contributed by atoms with Gasteiger partial charge >= 0.3 is 0 Å².